The molecule has 3 aromatic rings. The number of carbonyl (C=O) groups is 1. The van der Waals surface area contributed by atoms with Crippen LogP contribution in [0.1, 0.15) is 34.7 Å². The lowest BCUT2D eigenvalue weighted by atomic mass is 9.97. The second-order valence-electron chi connectivity index (χ2n) is 7.32. The Morgan fingerprint density at radius 3 is 2.81 bits per heavy atom. The zero-order valence-electron chi connectivity index (χ0n) is 16.5. The van der Waals surface area contributed by atoms with Crippen LogP contribution in [0.4, 0.5) is 11.5 Å². The van der Waals surface area contributed by atoms with Crippen molar-refractivity contribution in [2.75, 3.05) is 4.90 Å². The molecule has 2 aromatic heterocycles. The first kappa shape index (κ1) is 20.2. The number of anilines is 1. The number of benzene rings is 1. The molecular weight excluding hydrogens is 452 g/mol. The molecule has 1 amide bonds. The molecule has 1 aromatic carbocycles. The summed E-state index contributed by atoms with van der Waals surface area (Å²) in [6.45, 7) is 1.81. The molecule has 2 aliphatic rings. The van der Waals surface area contributed by atoms with Gasteiger partial charge in [0.25, 0.3) is 11.6 Å². The van der Waals surface area contributed by atoms with Crippen molar-refractivity contribution in [2.24, 2.45) is 0 Å². The van der Waals surface area contributed by atoms with Crippen molar-refractivity contribution in [3.05, 3.63) is 61.1 Å². The number of amides is 1. The predicted molar refractivity (Wildman–Crippen MR) is 128 cm³/mol. The number of thiophene rings is 1. The number of hydrogen-bond donors (Lipinski definition) is 0. The number of nitro benzene ring substituents is 1. The van der Waals surface area contributed by atoms with E-state index in [1.807, 2.05) is 6.92 Å². The fourth-order valence-electron chi connectivity index (χ4n) is 3.97. The van der Waals surface area contributed by atoms with Crippen LogP contribution >= 0.6 is 35.3 Å². The number of nitrogens with zero attached hydrogens (tertiary/aromatic N) is 4. The fraction of sp³-hybridized carbons (Fsp3) is 0.238. The van der Waals surface area contributed by atoms with E-state index in [1.165, 1.54) is 27.5 Å². The number of carbonyl (C=O) groups excluding carboxylic acids is 1. The first-order valence-corrected chi connectivity index (χ1v) is 11.8. The SMILES string of the molecule is Cc1nc(N2C(=O)/C(=C\c3ccccc3[N+](=O)[O-])SC2=S)c2c3c(sc2n1)CCCC3. The Morgan fingerprint density at radius 1 is 1.23 bits per heavy atom. The first-order chi connectivity index (χ1) is 14.9. The van der Waals surface area contributed by atoms with Gasteiger partial charge < -0.3 is 0 Å². The Labute approximate surface area is 191 Å². The Balaban J connectivity index is 1.62. The first-order valence-electron chi connectivity index (χ1n) is 9.74. The highest BCUT2D eigenvalue weighted by Crippen LogP contribution is 2.43. The van der Waals surface area contributed by atoms with Gasteiger partial charge in [-0.25, -0.2) is 14.9 Å². The fourth-order valence-corrected chi connectivity index (χ4v) is 6.52. The van der Waals surface area contributed by atoms with Crippen LogP contribution in [0.15, 0.2) is 29.2 Å². The molecule has 7 nitrogen and oxygen atoms in total. The van der Waals surface area contributed by atoms with Crippen LogP contribution in [0.2, 0.25) is 0 Å². The highest BCUT2D eigenvalue weighted by Gasteiger charge is 2.37. The van der Waals surface area contributed by atoms with E-state index >= 15 is 0 Å². The quantitative estimate of drug-likeness (QED) is 0.226. The summed E-state index contributed by atoms with van der Waals surface area (Å²) in [7, 11) is 0. The molecule has 1 fully saturated rings. The molecule has 0 saturated carbocycles. The van der Waals surface area contributed by atoms with Crippen molar-refractivity contribution in [1.29, 1.82) is 0 Å². The highest BCUT2D eigenvalue weighted by atomic mass is 32.2. The summed E-state index contributed by atoms with van der Waals surface area (Å²) in [6, 6.07) is 6.34. The van der Waals surface area contributed by atoms with E-state index in [0.29, 0.717) is 26.4 Å². The normalized spacial score (nSPS) is 17.6. The number of thiocarbonyl (C=S) groups is 1. The number of rotatable bonds is 3. The Morgan fingerprint density at radius 2 is 2.00 bits per heavy atom. The van der Waals surface area contributed by atoms with Crippen LogP contribution in [0.5, 0.6) is 0 Å². The Hall–Kier alpha value is -2.69. The predicted octanol–water partition coefficient (Wildman–Crippen LogP) is 5.19. The van der Waals surface area contributed by atoms with E-state index in [-0.39, 0.29) is 11.6 Å². The minimum atomic E-state index is -0.457. The molecule has 0 bridgehead atoms. The van der Waals surface area contributed by atoms with Crippen molar-refractivity contribution in [1.82, 2.24) is 9.97 Å². The van der Waals surface area contributed by atoms with E-state index in [1.54, 1.807) is 29.5 Å². The van der Waals surface area contributed by atoms with Crippen LogP contribution < -0.4 is 4.90 Å². The summed E-state index contributed by atoms with van der Waals surface area (Å²) in [6.07, 6.45) is 5.75. The molecule has 0 unspecified atom stereocenters. The number of fused-ring (bicyclic) bond motifs is 3. The molecule has 1 aliphatic heterocycles. The standard InChI is InChI=1S/C21H16N4O3S3/c1-11-22-18(17-13-7-3-5-9-15(13)30-19(17)23-11)24-20(26)16(31-21(24)29)10-12-6-2-4-8-14(12)25(27)28/h2,4,6,8,10H,3,5,7,9H2,1H3/b16-10+. The second-order valence-corrected chi connectivity index (χ2v) is 10.1. The van der Waals surface area contributed by atoms with Crippen LogP contribution in [0, 0.1) is 17.0 Å². The number of nitro groups is 1. The van der Waals surface area contributed by atoms with Crippen molar-refractivity contribution in [2.45, 2.75) is 32.6 Å². The summed E-state index contributed by atoms with van der Waals surface area (Å²) >= 11 is 8.35. The van der Waals surface area contributed by atoms with Gasteiger partial charge in [0.1, 0.15) is 10.7 Å². The zero-order chi connectivity index (χ0) is 21.7. The smallest absolute Gasteiger partial charge is 0.268 e. The maximum Gasteiger partial charge on any atom is 0.276 e. The molecule has 0 spiro atoms. The summed E-state index contributed by atoms with van der Waals surface area (Å²) < 4.78 is 0.366. The van der Waals surface area contributed by atoms with Crippen LogP contribution in [-0.4, -0.2) is 25.1 Å². The van der Waals surface area contributed by atoms with Crippen molar-refractivity contribution < 1.29 is 9.72 Å². The van der Waals surface area contributed by atoms with Gasteiger partial charge in [-0.2, -0.15) is 0 Å². The lowest BCUT2D eigenvalue weighted by Gasteiger charge is -2.17. The minimum absolute atomic E-state index is 0.0556. The number of aryl methyl sites for hydroxylation is 3. The largest absolute Gasteiger partial charge is 0.276 e. The molecule has 0 N–H and O–H groups in total. The van der Waals surface area contributed by atoms with Gasteiger partial charge in [-0.05, 0) is 50.3 Å². The average molecular weight is 469 g/mol. The molecule has 10 heteroatoms. The summed E-state index contributed by atoms with van der Waals surface area (Å²) in [5, 5.41) is 12.3. The maximum absolute atomic E-state index is 13.4. The second kappa shape index (κ2) is 7.77. The van der Waals surface area contributed by atoms with Crippen molar-refractivity contribution >= 4 is 73.3 Å². The number of hydrogen-bond acceptors (Lipinski definition) is 8. The topological polar surface area (TPSA) is 89.2 Å². The van der Waals surface area contributed by atoms with E-state index in [9.17, 15) is 14.9 Å². The van der Waals surface area contributed by atoms with E-state index < -0.39 is 4.92 Å². The molecule has 5 rings (SSSR count). The van der Waals surface area contributed by atoms with Crippen LogP contribution in [-0.2, 0) is 17.6 Å². The third-order valence-corrected chi connectivity index (χ3v) is 7.82. The number of thioether (sulfide) groups is 1. The van der Waals surface area contributed by atoms with Gasteiger partial charge >= 0.3 is 0 Å². The lowest BCUT2D eigenvalue weighted by Crippen LogP contribution is -2.29. The minimum Gasteiger partial charge on any atom is -0.268 e. The van der Waals surface area contributed by atoms with Crippen LogP contribution in [0.3, 0.4) is 0 Å². The molecule has 156 valence electrons. The van der Waals surface area contributed by atoms with Gasteiger partial charge in [-0.1, -0.05) is 36.1 Å². The molecule has 0 radical (unpaired) electrons. The molecule has 31 heavy (non-hydrogen) atoms. The van der Waals surface area contributed by atoms with Crippen LogP contribution in [0.25, 0.3) is 16.3 Å². The number of para-hydroxylation sites is 1. The van der Waals surface area contributed by atoms with E-state index in [2.05, 4.69) is 9.97 Å². The average Bonchev–Trinajstić information content (AvgIpc) is 3.24. The zero-order valence-corrected chi connectivity index (χ0v) is 18.9. The molecule has 1 saturated heterocycles. The van der Waals surface area contributed by atoms with E-state index in [0.717, 1.165) is 47.7 Å². The van der Waals surface area contributed by atoms with Gasteiger partial charge in [0.05, 0.1) is 20.8 Å². The third-order valence-electron chi connectivity index (χ3n) is 5.33. The monoisotopic (exact) mass is 468 g/mol. The van der Waals surface area contributed by atoms with Gasteiger partial charge in [0, 0.05) is 10.9 Å². The van der Waals surface area contributed by atoms with Gasteiger partial charge in [-0.3, -0.25) is 14.9 Å². The summed E-state index contributed by atoms with van der Waals surface area (Å²) in [5.41, 5.74) is 1.53. The molecule has 3 heterocycles. The highest BCUT2D eigenvalue weighted by molar-refractivity contribution is 8.27. The van der Waals surface area contributed by atoms with Crippen molar-refractivity contribution in [3.63, 3.8) is 0 Å². The molecule has 0 atom stereocenters. The van der Waals surface area contributed by atoms with Crippen molar-refractivity contribution in [3.8, 4) is 0 Å². The van der Waals surface area contributed by atoms with E-state index in [4.69, 9.17) is 12.2 Å². The molecule has 1 aliphatic carbocycles. The lowest BCUT2D eigenvalue weighted by molar-refractivity contribution is -0.385. The summed E-state index contributed by atoms with van der Waals surface area (Å²) in [5.74, 6) is 0.788. The maximum atomic E-state index is 13.4. The Kier molecular flexibility index (Phi) is 5.07. The summed E-state index contributed by atoms with van der Waals surface area (Å²) in [4.78, 5) is 37.5. The number of aromatic nitrogens is 2. The van der Waals surface area contributed by atoms with Gasteiger partial charge in [0.15, 0.2) is 10.1 Å². The Bertz CT molecular complexity index is 1310. The van der Waals surface area contributed by atoms with Gasteiger partial charge in [-0.15, -0.1) is 11.3 Å². The molecular formula is C21H16N4O3S3. The van der Waals surface area contributed by atoms with Gasteiger partial charge in [0.2, 0.25) is 0 Å². The third kappa shape index (κ3) is 3.44.